The maximum atomic E-state index is 12.3. The van der Waals surface area contributed by atoms with Crippen molar-refractivity contribution in [3.05, 3.63) is 18.3 Å². The van der Waals surface area contributed by atoms with Gasteiger partial charge in [-0.05, 0) is 45.7 Å². The van der Waals surface area contributed by atoms with E-state index in [1.165, 1.54) is 0 Å². The molecule has 1 atom stereocenters. The third-order valence-electron chi connectivity index (χ3n) is 3.62. The average molecular weight is 307 g/mol. The molecule has 1 aromatic heterocycles. The lowest BCUT2D eigenvalue weighted by molar-refractivity contribution is 0.0232. The molecule has 1 fully saturated rings. The van der Waals surface area contributed by atoms with E-state index in [4.69, 9.17) is 4.74 Å². The highest BCUT2D eigenvalue weighted by atomic mass is 16.6. The molecule has 1 amide bonds. The highest BCUT2D eigenvalue weighted by molar-refractivity contribution is 5.69. The Hall–Kier alpha value is -1.98. The van der Waals surface area contributed by atoms with Gasteiger partial charge in [-0.3, -0.25) is 0 Å². The van der Waals surface area contributed by atoms with Gasteiger partial charge >= 0.3 is 6.09 Å². The normalized spacial score (nSPS) is 18.4. The number of aromatic hydroxyl groups is 1. The molecular formula is C16H25N3O3. The standard InChI is InChI=1S/C16H25N3O3/c1-16(2,3)22-15(21)19-10-6-7-12(19)11-18(4)14-13(20)8-5-9-17-14/h5,8-9,12,20H,6-7,10-11H2,1-4H3. The van der Waals surface area contributed by atoms with Gasteiger partial charge in [-0.2, -0.15) is 0 Å². The zero-order valence-corrected chi connectivity index (χ0v) is 13.7. The summed E-state index contributed by atoms with van der Waals surface area (Å²) in [5, 5.41) is 9.87. The van der Waals surface area contributed by atoms with Crippen LogP contribution < -0.4 is 4.90 Å². The first-order chi connectivity index (χ1) is 10.3. The van der Waals surface area contributed by atoms with Gasteiger partial charge in [-0.25, -0.2) is 9.78 Å². The number of likely N-dealkylation sites (N-methyl/N-ethyl adjacent to an activating group) is 1. The number of aromatic nitrogens is 1. The van der Waals surface area contributed by atoms with Crippen LogP contribution in [0.2, 0.25) is 0 Å². The number of anilines is 1. The summed E-state index contributed by atoms with van der Waals surface area (Å²) < 4.78 is 5.47. The Labute approximate surface area is 131 Å². The Kier molecular flexibility index (Phi) is 4.78. The Morgan fingerprint density at radius 2 is 2.27 bits per heavy atom. The number of amides is 1. The van der Waals surface area contributed by atoms with Crippen molar-refractivity contribution < 1.29 is 14.6 Å². The van der Waals surface area contributed by atoms with E-state index >= 15 is 0 Å². The minimum atomic E-state index is -0.491. The van der Waals surface area contributed by atoms with Crippen molar-refractivity contribution in [1.82, 2.24) is 9.88 Å². The SMILES string of the molecule is CN(CC1CCCN1C(=O)OC(C)(C)C)c1ncccc1O. The van der Waals surface area contributed by atoms with Crippen LogP contribution in [0, 0.1) is 0 Å². The summed E-state index contributed by atoms with van der Waals surface area (Å²) in [6, 6.07) is 3.37. The summed E-state index contributed by atoms with van der Waals surface area (Å²) in [5.41, 5.74) is -0.491. The lowest BCUT2D eigenvalue weighted by atomic mass is 10.2. The number of nitrogens with zero attached hydrogens (tertiary/aromatic N) is 3. The molecule has 1 aliphatic heterocycles. The smallest absolute Gasteiger partial charge is 0.410 e. The fraction of sp³-hybridized carbons (Fsp3) is 0.625. The van der Waals surface area contributed by atoms with E-state index in [0.29, 0.717) is 18.9 Å². The molecule has 1 aromatic rings. The first-order valence-corrected chi connectivity index (χ1v) is 7.62. The number of likely N-dealkylation sites (tertiary alicyclic amines) is 1. The molecule has 1 unspecified atom stereocenters. The van der Waals surface area contributed by atoms with Gasteiger partial charge in [0.05, 0.1) is 6.04 Å². The number of hydrogen-bond donors (Lipinski definition) is 1. The minimum absolute atomic E-state index is 0.0706. The van der Waals surface area contributed by atoms with Gasteiger partial charge in [0.25, 0.3) is 0 Å². The van der Waals surface area contributed by atoms with Gasteiger partial charge in [-0.15, -0.1) is 0 Å². The van der Waals surface area contributed by atoms with Crippen molar-refractivity contribution >= 4 is 11.9 Å². The minimum Gasteiger partial charge on any atom is -0.504 e. The van der Waals surface area contributed by atoms with E-state index < -0.39 is 5.60 Å². The van der Waals surface area contributed by atoms with Crippen LogP contribution in [0.3, 0.4) is 0 Å². The third-order valence-corrected chi connectivity index (χ3v) is 3.62. The largest absolute Gasteiger partial charge is 0.504 e. The molecule has 6 heteroatoms. The fourth-order valence-corrected chi connectivity index (χ4v) is 2.67. The third kappa shape index (κ3) is 4.02. The monoisotopic (exact) mass is 307 g/mol. The molecule has 22 heavy (non-hydrogen) atoms. The molecule has 1 N–H and O–H groups in total. The van der Waals surface area contributed by atoms with Gasteiger partial charge in [0, 0.05) is 26.3 Å². The van der Waals surface area contributed by atoms with Gasteiger partial charge < -0.3 is 19.6 Å². The highest BCUT2D eigenvalue weighted by Gasteiger charge is 2.33. The lowest BCUT2D eigenvalue weighted by Gasteiger charge is -2.31. The summed E-state index contributed by atoms with van der Waals surface area (Å²) in [7, 11) is 1.87. The number of carbonyl (C=O) groups excluding carboxylic acids is 1. The number of ether oxygens (including phenoxy) is 1. The van der Waals surface area contributed by atoms with E-state index in [1.54, 1.807) is 23.2 Å². The van der Waals surface area contributed by atoms with E-state index in [-0.39, 0.29) is 17.9 Å². The van der Waals surface area contributed by atoms with Crippen LogP contribution in [-0.2, 0) is 4.74 Å². The van der Waals surface area contributed by atoms with Crippen LogP contribution in [0.15, 0.2) is 18.3 Å². The van der Waals surface area contributed by atoms with Crippen LogP contribution in [0.4, 0.5) is 10.6 Å². The predicted molar refractivity (Wildman–Crippen MR) is 85.1 cm³/mol. The van der Waals surface area contributed by atoms with Crippen molar-refractivity contribution in [2.45, 2.75) is 45.3 Å². The zero-order chi connectivity index (χ0) is 16.3. The van der Waals surface area contributed by atoms with Gasteiger partial charge in [0.1, 0.15) is 5.60 Å². The maximum absolute atomic E-state index is 12.3. The number of hydrogen-bond acceptors (Lipinski definition) is 5. The molecule has 2 rings (SSSR count). The fourth-order valence-electron chi connectivity index (χ4n) is 2.67. The second-order valence-electron chi connectivity index (χ2n) is 6.70. The molecule has 122 valence electrons. The second kappa shape index (κ2) is 6.42. The quantitative estimate of drug-likeness (QED) is 0.930. The Balaban J connectivity index is 2.02. The van der Waals surface area contributed by atoms with E-state index in [2.05, 4.69) is 4.98 Å². The molecule has 0 aromatic carbocycles. The molecule has 2 heterocycles. The van der Waals surface area contributed by atoms with Crippen molar-refractivity contribution in [3.8, 4) is 5.75 Å². The maximum Gasteiger partial charge on any atom is 0.410 e. The Bertz CT molecular complexity index is 528. The topological polar surface area (TPSA) is 65.9 Å². The lowest BCUT2D eigenvalue weighted by Crippen LogP contribution is -2.44. The molecule has 0 bridgehead atoms. The van der Waals surface area contributed by atoms with Crippen molar-refractivity contribution in [1.29, 1.82) is 0 Å². The summed E-state index contributed by atoms with van der Waals surface area (Å²) in [4.78, 5) is 20.1. The Morgan fingerprint density at radius 3 is 2.91 bits per heavy atom. The van der Waals surface area contributed by atoms with Gasteiger partial charge in [0.15, 0.2) is 11.6 Å². The number of pyridine rings is 1. The van der Waals surface area contributed by atoms with Crippen molar-refractivity contribution in [2.75, 3.05) is 25.0 Å². The molecule has 0 spiro atoms. The van der Waals surface area contributed by atoms with E-state index in [9.17, 15) is 9.90 Å². The van der Waals surface area contributed by atoms with Crippen LogP contribution in [0.1, 0.15) is 33.6 Å². The predicted octanol–water partition coefficient (Wildman–Crippen LogP) is 2.62. The van der Waals surface area contributed by atoms with E-state index in [0.717, 1.165) is 12.8 Å². The highest BCUT2D eigenvalue weighted by Crippen LogP contribution is 2.26. The molecule has 6 nitrogen and oxygen atoms in total. The summed E-state index contributed by atoms with van der Waals surface area (Å²) >= 11 is 0. The molecule has 1 saturated heterocycles. The van der Waals surface area contributed by atoms with Crippen molar-refractivity contribution in [3.63, 3.8) is 0 Å². The first kappa shape index (κ1) is 16.4. The molecule has 1 aliphatic rings. The molecular weight excluding hydrogens is 282 g/mol. The summed E-state index contributed by atoms with van der Waals surface area (Å²) in [6.07, 6.45) is 3.27. The van der Waals surface area contributed by atoms with Gasteiger partial charge in [-0.1, -0.05) is 0 Å². The molecule has 0 saturated carbocycles. The van der Waals surface area contributed by atoms with Gasteiger partial charge in [0.2, 0.25) is 0 Å². The van der Waals surface area contributed by atoms with E-state index in [1.807, 2.05) is 32.7 Å². The second-order valence-corrected chi connectivity index (χ2v) is 6.70. The number of rotatable bonds is 3. The van der Waals surface area contributed by atoms with Crippen LogP contribution in [0.25, 0.3) is 0 Å². The number of carbonyl (C=O) groups is 1. The summed E-state index contributed by atoms with van der Waals surface area (Å²) in [5.74, 6) is 0.672. The van der Waals surface area contributed by atoms with Crippen LogP contribution >= 0.6 is 0 Å². The van der Waals surface area contributed by atoms with Crippen LogP contribution in [-0.4, -0.2) is 52.9 Å². The first-order valence-electron chi connectivity index (χ1n) is 7.62. The summed E-state index contributed by atoms with van der Waals surface area (Å²) in [6.45, 7) is 6.93. The Morgan fingerprint density at radius 1 is 1.55 bits per heavy atom. The molecule has 0 aliphatic carbocycles. The van der Waals surface area contributed by atoms with Crippen molar-refractivity contribution in [2.24, 2.45) is 0 Å². The molecule has 0 radical (unpaired) electrons. The zero-order valence-electron chi connectivity index (χ0n) is 13.7. The average Bonchev–Trinajstić information content (AvgIpc) is 2.85. The van der Waals surface area contributed by atoms with Crippen LogP contribution in [0.5, 0.6) is 5.75 Å².